The molecule has 0 radical (unpaired) electrons. The normalized spacial score (nSPS) is 13.3. The van der Waals surface area contributed by atoms with Crippen LogP contribution >= 0.6 is 0 Å². The number of alkyl halides is 3. The van der Waals surface area contributed by atoms with E-state index in [9.17, 15) is 13.2 Å². The molecule has 0 unspecified atom stereocenters. The van der Waals surface area contributed by atoms with Gasteiger partial charge in [0, 0.05) is 17.3 Å². The van der Waals surface area contributed by atoms with Gasteiger partial charge in [-0.3, -0.25) is 0 Å². The third kappa shape index (κ3) is 3.39. The molecule has 2 aromatic heterocycles. The van der Waals surface area contributed by atoms with Crippen molar-refractivity contribution in [3.8, 4) is 0 Å². The molecular weight excluding hydrogens is 279 g/mol. The van der Waals surface area contributed by atoms with Gasteiger partial charge < -0.3 is 0 Å². The second kappa shape index (κ2) is 5.55. The van der Waals surface area contributed by atoms with Crippen LogP contribution in [0.1, 0.15) is 18.4 Å². The van der Waals surface area contributed by atoms with Crippen LogP contribution in [0.3, 0.4) is 0 Å². The van der Waals surface area contributed by atoms with Crippen LogP contribution in [0.25, 0.3) is 11.1 Å². The van der Waals surface area contributed by atoms with Crippen LogP contribution in [0.15, 0.2) is 48.7 Å². The Morgan fingerprint density at radius 1 is 1.38 bits per heavy atom. The van der Waals surface area contributed by atoms with Gasteiger partial charge in [0.25, 0.3) is 0 Å². The number of rotatable bonds is 3. The van der Waals surface area contributed by atoms with E-state index in [1.807, 2.05) is 19.1 Å². The van der Waals surface area contributed by atoms with Crippen LogP contribution in [0.4, 0.5) is 13.2 Å². The average molecular weight is 293 g/mol. The molecule has 0 aliphatic rings. The fourth-order valence-electron chi connectivity index (χ4n) is 1.70. The summed E-state index contributed by atoms with van der Waals surface area (Å²) in [6.07, 6.45) is 1.20. The molecule has 6 heteroatoms. The van der Waals surface area contributed by atoms with Gasteiger partial charge in [-0.15, -0.1) is 5.10 Å². The summed E-state index contributed by atoms with van der Waals surface area (Å²) in [5.74, 6) is 0.380. The maximum Gasteiger partial charge on any atom is 0.412 e. The Labute approximate surface area is 120 Å². The number of aryl methyl sites for hydroxylation is 1. The van der Waals surface area contributed by atoms with Gasteiger partial charge in [-0.1, -0.05) is 24.8 Å². The van der Waals surface area contributed by atoms with E-state index in [1.165, 1.54) is 12.2 Å². The molecule has 0 aliphatic carbocycles. The number of allylic oxidation sites excluding steroid dienone is 5. The summed E-state index contributed by atoms with van der Waals surface area (Å²) < 4.78 is 38.7. The van der Waals surface area contributed by atoms with E-state index in [1.54, 1.807) is 10.7 Å². The van der Waals surface area contributed by atoms with Crippen LogP contribution in [-0.2, 0) is 0 Å². The lowest BCUT2D eigenvalue weighted by molar-refractivity contribution is -0.0912. The fourth-order valence-corrected chi connectivity index (χ4v) is 1.70. The first-order valence-corrected chi connectivity index (χ1v) is 6.22. The van der Waals surface area contributed by atoms with Crippen LogP contribution in [0.2, 0.25) is 0 Å². The molecule has 0 aromatic carbocycles. The number of hydrogen-bond donors (Lipinski definition) is 0. The van der Waals surface area contributed by atoms with Gasteiger partial charge in [-0.25, -0.2) is 9.50 Å². The summed E-state index contributed by atoms with van der Waals surface area (Å²) in [5.41, 5.74) is 1.43. The molecule has 0 bridgehead atoms. The number of hydrogen-bond acceptors (Lipinski definition) is 2. The van der Waals surface area contributed by atoms with Crippen LogP contribution < -0.4 is 0 Å². The molecule has 0 aliphatic heterocycles. The molecule has 3 nitrogen and oxygen atoms in total. The highest BCUT2D eigenvalue weighted by Crippen LogP contribution is 2.24. The molecule has 0 atom stereocenters. The molecule has 0 fully saturated rings. The summed E-state index contributed by atoms with van der Waals surface area (Å²) in [4.78, 5) is 4.29. The summed E-state index contributed by atoms with van der Waals surface area (Å²) in [5, 5.41) is 4.25. The Morgan fingerprint density at radius 2 is 2.10 bits per heavy atom. The van der Waals surface area contributed by atoms with Gasteiger partial charge in [-0.05, 0) is 26.0 Å². The zero-order chi connectivity index (χ0) is 15.6. The van der Waals surface area contributed by atoms with Crippen LogP contribution in [0, 0.1) is 6.92 Å². The predicted octanol–water partition coefficient (Wildman–Crippen LogP) is 4.12. The molecule has 0 spiro atoms. The third-order valence-electron chi connectivity index (χ3n) is 2.95. The Hall–Kier alpha value is -2.37. The van der Waals surface area contributed by atoms with Gasteiger partial charge in [0.05, 0.1) is 11.2 Å². The number of aromatic nitrogens is 3. The molecule has 2 heterocycles. The Balaban J connectivity index is 2.23. The molecule has 110 valence electrons. The maximum absolute atomic E-state index is 12.3. The highest BCUT2D eigenvalue weighted by molar-refractivity contribution is 5.68. The molecule has 0 amide bonds. The summed E-state index contributed by atoms with van der Waals surface area (Å²) in [6, 6.07) is 3.72. The van der Waals surface area contributed by atoms with Crippen molar-refractivity contribution in [1.29, 1.82) is 0 Å². The largest absolute Gasteiger partial charge is 0.412 e. The van der Waals surface area contributed by atoms with E-state index in [-0.39, 0.29) is 0 Å². The van der Waals surface area contributed by atoms with E-state index in [0.29, 0.717) is 11.4 Å². The van der Waals surface area contributed by atoms with E-state index in [0.717, 1.165) is 24.2 Å². The molecule has 0 N–H and O–H groups in total. The monoisotopic (exact) mass is 293 g/mol. The zero-order valence-electron chi connectivity index (χ0n) is 11.6. The van der Waals surface area contributed by atoms with Crippen LogP contribution in [0.5, 0.6) is 0 Å². The van der Waals surface area contributed by atoms with Crippen molar-refractivity contribution in [1.82, 2.24) is 14.6 Å². The summed E-state index contributed by atoms with van der Waals surface area (Å²) in [7, 11) is 0. The van der Waals surface area contributed by atoms with Crippen molar-refractivity contribution in [2.24, 2.45) is 0 Å². The number of halogens is 3. The number of nitrogens with zero attached hydrogens (tertiary/aromatic N) is 3. The van der Waals surface area contributed by atoms with E-state index in [2.05, 4.69) is 16.7 Å². The zero-order valence-corrected chi connectivity index (χ0v) is 11.6. The van der Waals surface area contributed by atoms with Gasteiger partial charge in [0.1, 0.15) is 0 Å². The van der Waals surface area contributed by atoms with E-state index >= 15 is 0 Å². The van der Waals surface area contributed by atoms with Gasteiger partial charge in [0.2, 0.25) is 0 Å². The van der Waals surface area contributed by atoms with E-state index < -0.39 is 11.7 Å². The average Bonchev–Trinajstić information content (AvgIpc) is 2.86. The molecule has 21 heavy (non-hydrogen) atoms. The summed E-state index contributed by atoms with van der Waals surface area (Å²) in [6.45, 7) is 6.63. The van der Waals surface area contributed by atoms with E-state index in [4.69, 9.17) is 0 Å². The van der Waals surface area contributed by atoms with Crippen molar-refractivity contribution in [3.63, 3.8) is 0 Å². The molecule has 2 rings (SSSR count). The Kier molecular flexibility index (Phi) is 3.97. The second-order valence-corrected chi connectivity index (χ2v) is 4.59. The van der Waals surface area contributed by atoms with Gasteiger partial charge >= 0.3 is 6.18 Å². The standard InChI is InChI=1S/C15H14F3N3/c1-10(6-4-7-11(2)15(16,17)18)14-19-12(3)13-8-5-9-21(13)20-14/h4-9H,1H2,2-3H3/b6-4-,11-7+. The Bertz CT molecular complexity index is 736. The first kappa shape index (κ1) is 15.0. The first-order valence-electron chi connectivity index (χ1n) is 6.22. The van der Waals surface area contributed by atoms with Gasteiger partial charge in [-0.2, -0.15) is 13.2 Å². The van der Waals surface area contributed by atoms with Crippen molar-refractivity contribution in [2.75, 3.05) is 0 Å². The summed E-state index contributed by atoms with van der Waals surface area (Å²) >= 11 is 0. The second-order valence-electron chi connectivity index (χ2n) is 4.59. The SMILES string of the molecule is C=C(/C=C\C=C(/C)C(F)(F)F)c1nc(C)c2cccn2n1. The third-order valence-corrected chi connectivity index (χ3v) is 2.95. The highest BCUT2D eigenvalue weighted by atomic mass is 19.4. The lowest BCUT2D eigenvalue weighted by atomic mass is 10.2. The smallest absolute Gasteiger partial charge is 0.237 e. The minimum Gasteiger partial charge on any atom is -0.237 e. The van der Waals surface area contributed by atoms with Gasteiger partial charge in [0.15, 0.2) is 5.82 Å². The lowest BCUT2D eigenvalue weighted by Crippen LogP contribution is -2.08. The Morgan fingerprint density at radius 3 is 2.76 bits per heavy atom. The lowest BCUT2D eigenvalue weighted by Gasteiger charge is -2.05. The minimum atomic E-state index is -4.32. The van der Waals surface area contributed by atoms with Crippen molar-refractivity contribution in [3.05, 3.63) is 60.2 Å². The van der Waals surface area contributed by atoms with Crippen molar-refractivity contribution < 1.29 is 13.2 Å². The van der Waals surface area contributed by atoms with Crippen LogP contribution in [-0.4, -0.2) is 20.8 Å². The highest BCUT2D eigenvalue weighted by Gasteiger charge is 2.29. The number of fused-ring (bicyclic) bond motifs is 1. The molecule has 0 saturated carbocycles. The topological polar surface area (TPSA) is 30.2 Å². The van der Waals surface area contributed by atoms with Crippen molar-refractivity contribution in [2.45, 2.75) is 20.0 Å². The molecular formula is C15H14F3N3. The molecule has 2 aromatic rings. The fraction of sp³-hybridized carbons (Fsp3) is 0.200. The maximum atomic E-state index is 12.3. The predicted molar refractivity (Wildman–Crippen MR) is 75.7 cm³/mol. The minimum absolute atomic E-state index is 0.380. The van der Waals surface area contributed by atoms with Crippen molar-refractivity contribution >= 4 is 11.1 Å². The first-order chi connectivity index (χ1) is 9.79. The molecule has 0 saturated heterocycles. The quantitative estimate of drug-likeness (QED) is 0.797.